The summed E-state index contributed by atoms with van der Waals surface area (Å²) in [5.41, 5.74) is 2.05. The number of nitriles is 1. The van der Waals surface area contributed by atoms with Crippen molar-refractivity contribution >= 4 is 23.1 Å². The van der Waals surface area contributed by atoms with Crippen molar-refractivity contribution in [2.75, 3.05) is 11.9 Å². The number of anilines is 2. The van der Waals surface area contributed by atoms with Crippen LogP contribution in [-0.4, -0.2) is 28.7 Å². The van der Waals surface area contributed by atoms with Crippen molar-refractivity contribution in [2.45, 2.75) is 44.7 Å². The SMILES string of the molecule is Cc1c(Nc2ccc(C#N)cc2Cl)ncnc1OCC1CC2CCC(C1)N2. The lowest BCUT2D eigenvalue weighted by Crippen LogP contribution is -2.39. The van der Waals surface area contributed by atoms with Gasteiger partial charge >= 0.3 is 0 Å². The Labute approximate surface area is 163 Å². The average Bonchev–Trinajstić information content (AvgIpc) is 3.02. The standard InChI is InChI=1S/C20H22ClN5O/c1-12-19(26-18-5-2-13(9-22)8-17(18)21)23-11-24-20(12)27-10-14-6-15-3-4-16(7-14)25-15/h2,5,8,11,14-16,25H,3-4,6-7,10H2,1H3,(H,23,24,26). The first-order valence-corrected chi connectivity index (χ1v) is 9.67. The van der Waals surface area contributed by atoms with Crippen molar-refractivity contribution in [2.24, 2.45) is 5.92 Å². The monoisotopic (exact) mass is 383 g/mol. The molecule has 27 heavy (non-hydrogen) atoms. The van der Waals surface area contributed by atoms with E-state index in [9.17, 15) is 0 Å². The minimum atomic E-state index is 0.472. The van der Waals surface area contributed by atoms with E-state index >= 15 is 0 Å². The molecule has 2 N–H and O–H groups in total. The summed E-state index contributed by atoms with van der Waals surface area (Å²) in [6.07, 6.45) is 6.41. The highest BCUT2D eigenvalue weighted by atomic mass is 35.5. The number of halogens is 1. The van der Waals surface area contributed by atoms with Crippen LogP contribution in [0.15, 0.2) is 24.5 Å². The van der Waals surface area contributed by atoms with Gasteiger partial charge in [0.2, 0.25) is 5.88 Å². The number of aromatic nitrogens is 2. The molecule has 2 bridgehead atoms. The summed E-state index contributed by atoms with van der Waals surface area (Å²) in [5.74, 6) is 1.82. The second-order valence-corrected chi connectivity index (χ2v) is 7.78. The minimum absolute atomic E-state index is 0.472. The fraction of sp³-hybridized carbons (Fsp3) is 0.450. The third-order valence-corrected chi connectivity index (χ3v) is 5.73. The Morgan fingerprint density at radius 1 is 1.30 bits per heavy atom. The number of nitrogens with zero attached hydrogens (tertiary/aromatic N) is 3. The van der Waals surface area contributed by atoms with E-state index < -0.39 is 0 Å². The highest BCUT2D eigenvalue weighted by Gasteiger charge is 2.33. The number of nitrogens with one attached hydrogen (secondary N) is 2. The molecule has 2 atom stereocenters. The molecule has 0 aliphatic carbocycles. The van der Waals surface area contributed by atoms with E-state index in [1.54, 1.807) is 18.2 Å². The van der Waals surface area contributed by atoms with Crippen LogP contribution in [0, 0.1) is 24.2 Å². The van der Waals surface area contributed by atoms with E-state index in [0.29, 0.717) is 52.6 Å². The number of hydrogen-bond donors (Lipinski definition) is 2. The van der Waals surface area contributed by atoms with Crippen molar-refractivity contribution in [1.82, 2.24) is 15.3 Å². The number of fused-ring (bicyclic) bond motifs is 2. The maximum absolute atomic E-state index is 8.96. The molecule has 140 valence electrons. The molecule has 2 unspecified atom stereocenters. The number of hydrogen-bond acceptors (Lipinski definition) is 6. The number of piperidine rings is 1. The highest BCUT2D eigenvalue weighted by molar-refractivity contribution is 6.33. The predicted molar refractivity (Wildman–Crippen MR) is 104 cm³/mol. The van der Waals surface area contributed by atoms with Gasteiger partial charge in [0.15, 0.2) is 0 Å². The van der Waals surface area contributed by atoms with Gasteiger partial charge in [-0.1, -0.05) is 11.6 Å². The molecule has 0 radical (unpaired) electrons. The van der Waals surface area contributed by atoms with Crippen molar-refractivity contribution in [3.05, 3.63) is 40.7 Å². The third kappa shape index (κ3) is 4.00. The summed E-state index contributed by atoms with van der Waals surface area (Å²) < 4.78 is 6.05. The van der Waals surface area contributed by atoms with Crippen LogP contribution >= 0.6 is 11.6 Å². The van der Waals surface area contributed by atoms with Crippen molar-refractivity contribution in [1.29, 1.82) is 5.26 Å². The third-order valence-electron chi connectivity index (χ3n) is 5.42. The Morgan fingerprint density at radius 2 is 2.07 bits per heavy atom. The molecular formula is C20H22ClN5O. The Balaban J connectivity index is 1.44. The summed E-state index contributed by atoms with van der Waals surface area (Å²) in [6, 6.07) is 8.50. The molecule has 0 saturated carbocycles. The normalized spacial score (nSPS) is 23.7. The molecule has 3 heterocycles. The Morgan fingerprint density at radius 3 is 2.78 bits per heavy atom. The van der Waals surface area contributed by atoms with Crippen molar-refractivity contribution < 1.29 is 4.74 Å². The Kier molecular flexibility index (Phi) is 5.15. The van der Waals surface area contributed by atoms with Gasteiger partial charge in [0, 0.05) is 12.1 Å². The molecule has 6 nitrogen and oxygen atoms in total. The van der Waals surface area contributed by atoms with E-state index in [-0.39, 0.29) is 0 Å². The van der Waals surface area contributed by atoms with Crippen LogP contribution in [0.3, 0.4) is 0 Å². The van der Waals surface area contributed by atoms with Gasteiger partial charge in [-0.2, -0.15) is 5.26 Å². The van der Waals surface area contributed by atoms with Gasteiger partial charge in [-0.25, -0.2) is 9.97 Å². The molecule has 2 aromatic rings. The van der Waals surface area contributed by atoms with E-state index in [4.69, 9.17) is 21.6 Å². The van der Waals surface area contributed by atoms with Crippen LogP contribution in [0.25, 0.3) is 0 Å². The summed E-state index contributed by atoms with van der Waals surface area (Å²) in [4.78, 5) is 8.61. The molecule has 7 heteroatoms. The van der Waals surface area contributed by atoms with E-state index in [0.717, 1.165) is 5.56 Å². The number of benzene rings is 1. The summed E-state index contributed by atoms with van der Waals surface area (Å²) in [5, 5.41) is 16.3. The molecule has 1 aromatic heterocycles. The molecule has 2 saturated heterocycles. The zero-order chi connectivity index (χ0) is 18.8. The topological polar surface area (TPSA) is 82.9 Å². The van der Waals surface area contributed by atoms with Gasteiger partial charge in [0.1, 0.15) is 12.1 Å². The van der Waals surface area contributed by atoms with Crippen molar-refractivity contribution in [3.8, 4) is 11.9 Å². The lowest BCUT2D eigenvalue weighted by atomic mass is 9.93. The lowest BCUT2D eigenvalue weighted by molar-refractivity contribution is 0.184. The van der Waals surface area contributed by atoms with Gasteiger partial charge in [-0.15, -0.1) is 0 Å². The number of rotatable bonds is 5. The molecule has 4 rings (SSSR count). The fourth-order valence-corrected chi connectivity index (χ4v) is 4.25. The summed E-state index contributed by atoms with van der Waals surface area (Å²) in [7, 11) is 0. The maximum atomic E-state index is 8.96. The van der Waals surface area contributed by atoms with Gasteiger partial charge < -0.3 is 15.4 Å². The Hall–Kier alpha value is -2.36. The van der Waals surface area contributed by atoms with Crippen LogP contribution in [-0.2, 0) is 0 Å². The Bertz CT molecular complexity index is 869. The van der Waals surface area contributed by atoms with E-state index in [2.05, 4.69) is 26.7 Å². The summed E-state index contributed by atoms with van der Waals surface area (Å²) in [6.45, 7) is 2.62. The first kappa shape index (κ1) is 18.0. The van der Waals surface area contributed by atoms with Crippen molar-refractivity contribution in [3.63, 3.8) is 0 Å². The zero-order valence-electron chi connectivity index (χ0n) is 15.2. The molecule has 2 aliphatic heterocycles. The van der Waals surface area contributed by atoms with Crippen LogP contribution < -0.4 is 15.4 Å². The lowest BCUT2D eigenvalue weighted by Gasteiger charge is -2.28. The average molecular weight is 384 g/mol. The van der Waals surface area contributed by atoms with Crippen LogP contribution in [0.4, 0.5) is 11.5 Å². The molecule has 2 aliphatic rings. The van der Waals surface area contributed by atoms with Crippen LogP contribution in [0.2, 0.25) is 5.02 Å². The van der Waals surface area contributed by atoms with Gasteiger partial charge in [-0.3, -0.25) is 0 Å². The smallest absolute Gasteiger partial charge is 0.221 e. The largest absolute Gasteiger partial charge is 0.477 e. The first-order valence-electron chi connectivity index (χ1n) is 9.29. The second kappa shape index (κ2) is 7.71. The van der Waals surface area contributed by atoms with Gasteiger partial charge in [-0.05, 0) is 56.7 Å². The van der Waals surface area contributed by atoms with E-state index in [1.165, 1.54) is 32.0 Å². The van der Waals surface area contributed by atoms with Crippen LogP contribution in [0.5, 0.6) is 5.88 Å². The molecule has 0 amide bonds. The predicted octanol–water partition coefficient (Wildman–Crippen LogP) is 3.96. The molecule has 0 spiro atoms. The van der Waals surface area contributed by atoms with Gasteiger partial charge in [0.05, 0.1) is 34.5 Å². The van der Waals surface area contributed by atoms with Crippen LogP contribution in [0.1, 0.15) is 36.8 Å². The molecule has 2 fully saturated rings. The van der Waals surface area contributed by atoms with Gasteiger partial charge in [0.25, 0.3) is 0 Å². The minimum Gasteiger partial charge on any atom is -0.477 e. The summed E-state index contributed by atoms with van der Waals surface area (Å²) >= 11 is 6.25. The second-order valence-electron chi connectivity index (χ2n) is 7.37. The fourth-order valence-electron chi connectivity index (χ4n) is 4.03. The zero-order valence-corrected chi connectivity index (χ0v) is 16.0. The highest BCUT2D eigenvalue weighted by Crippen LogP contribution is 2.32. The number of ether oxygens (including phenoxy) is 1. The van der Waals surface area contributed by atoms with E-state index in [1.807, 2.05) is 6.92 Å². The molecular weight excluding hydrogens is 362 g/mol. The maximum Gasteiger partial charge on any atom is 0.221 e. The first-order chi connectivity index (χ1) is 13.1. The molecule has 1 aromatic carbocycles. The quantitative estimate of drug-likeness (QED) is 0.813.